The van der Waals surface area contributed by atoms with Crippen LogP contribution in [0.4, 0.5) is 5.69 Å². The summed E-state index contributed by atoms with van der Waals surface area (Å²) in [7, 11) is 1.51. The van der Waals surface area contributed by atoms with Crippen molar-refractivity contribution in [2.45, 2.75) is 0 Å². The number of benzene rings is 1. The maximum absolute atomic E-state index is 12.1. The van der Waals surface area contributed by atoms with Crippen LogP contribution in [0.3, 0.4) is 0 Å². The number of carbonyl (C=O) groups excluding carboxylic acids is 1. The number of hydrogen-bond acceptors (Lipinski definition) is 5. The second-order valence-electron chi connectivity index (χ2n) is 4.00. The zero-order valence-electron chi connectivity index (χ0n) is 10.3. The van der Waals surface area contributed by atoms with Gasteiger partial charge >= 0.3 is 0 Å². The molecule has 18 heavy (non-hydrogen) atoms. The number of ether oxygens (including phenoxy) is 2. The number of carbonyl (C=O) groups is 1. The summed E-state index contributed by atoms with van der Waals surface area (Å²) in [5, 5.41) is 1.83. The van der Waals surface area contributed by atoms with Crippen LogP contribution >= 0.6 is 0 Å². The van der Waals surface area contributed by atoms with E-state index in [0.29, 0.717) is 43.3 Å². The number of nitrogen functional groups attached to an aromatic ring is 1. The minimum atomic E-state index is -0.200. The summed E-state index contributed by atoms with van der Waals surface area (Å²) in [5.74, 6) is 0.273. The number of amides is 1. The minimum absolute atomic E-state index is 0.200. The van der Waals surface area contributed by atoms with Gasteiger partial charge in [0.1, 0.15) is 5.75 Å². The van der Waals surface area contributed by atoms with Crippen LogP contribution in [-0.2, 0) is 4.74 Å². The van der Waals surface area contributed by atoms with Crippen molar-refractivity contribution in [1.82, 2.24) is 10.4 Å². The zero-order chi connectivity index (χ0) is 13.0. The van der Waals surface area contributed by atoms with Crippen molar-refractivity contribution in [1.29, 1.82) is 0 Å². The number of nitrogens with one attached hydrogen (secondary N) is 1. The third-order valence-corrected chi connectivity index (χ3v) is 2.74. The maximum Gasteiger partial charge on any atom is 0.269 e. The van der Waals surface area contributed by atoms with Crippen molar-refractivity contribution >= 4 is 11.6 Å². The smallest absolute Gasteiger partial charge is 0.269 e. The molecule has 98 valence electrons. The maximum atomic E-state index is 12.1. The molecule has 0 atom stereocenters. The number of morpholine rings is 1. The molecule has 0 aliphatic carbocycles. The largest absolute Gasteiger partial charge is 0.496 e. The number of nitrogens with two attached hydrogens (primary N) is 1. The Morgan fingerprint density at radius 3 is 2.83 bits per heavy atom. The molecular weight excluding hydrogens is 234 g/mol. The Labute approximate surface area is 106 Å². The SMILES string of the molecule is COc1cc(N)ccc1C(=O)NN1CCOCC1. The van der Waals surface area contributed by atoms with Crippen molar-refractivity contribution in [2.75, 3.05) is 39.1 Å². The Balaban J connectivity index is 2.08. The third-order valence-electron chi connectivity index (χ3n) is 2.74. The molecular formula is C12H17N3O3. The molecule has 0 bridgehead atoms. The molecule has 1 aliphatic heterocycles. The Morgan fingerprint density at radius 1 is 1.44 bits per heavy atom. The second kappa shape index (κ2) is 5.70. The molecule has 0 spiro atoms. The summed E-state index contributed by atoms with van der Waals surface area (Å²) in [4.78, 5) is 12.1. The van der Waals surface area contributed by atoms with Gasteiger partial charge in [-0.25, -0.2) is 5.01 Å². The normalized spacial score (nSPS) is 16.3. The molecule has 3 N–H and O–H groups in total. The topological polar surface area (TPSA) is 76.8 Å². The van der Waals surface area contributed by atoms with Gasteiger partial charge in [-0.1, -0.05) is 0 Å². The zero-order valence-corrected chi connectivity index (χ0v) is 10.3. The summed E-state index contributed by atoms with van der Waals surface area (Å²) in [6.07, 6.45) is 0. The van der Waals surface area contributed by atoms with Gasteiger partial charge in [0.15, 0.2) is 0 Å². The predicted molar refractivity (Wildman–Crippen MR) is 67.3 cm³/mol. The van der Waals surface area contributed by atoms with Gasteiger partial charge < -0.3 is 15.2 Å². The lowest BCUT2D eigenvalue weighted by Gasteiger charge is -2.27. The van der Waals surface area contributed by atoms with E-state index in [2.05, 4.69) is 5.43 Å². The Morgan fingerprint density at radius 2 is 2.17 bits per heavy atom. The first kappa shape index (κ1) is 12.7. The standard InChI is InChI=1S/C12H17N3O3/c1-17-11-8-9(13)2-3-10(11)12(16)14-15-4-6-18-7-5-15/h2-3,8H,4-7,13H2,1H3,(H,14,16). The highest BCUT2D eigenvalue weighted by molar-refractivity contribution is 5.97. The van der Waals surface area contributed by atoms with Crippen molar-refractivity contribution in [2.24, 2.45) is 0 Å². The van der Waals surface area contributed by atoms with E-state index in [0.717, 1.165) is 0 Å². The molecule has 0 radical (unpaired) electrons. The first-order chi connectivity index (χ1) is 8.70. The Bertz CT molecular complexity index is 431. The number of rotatable bonds is 3. The summed E-state index contributed by atoms with van der Waals surface area (Å²) >= 11 is 0. The molecule has 6 nitrogen and oxygen atoms in total. The lowest BCUT2D eigenvalue weighted by molar-refractivity contribution is 0.0125. The van der Waals surface area contributed by atoms with Gasteiger partial charge in [-0.05, 0) is 12.1 Å². The van der Waals surface area contributed by atoms with Crippen molar-refractivity contribution in [3.05, 3.63) is 23.8 Å². The molecule has 1 fully saturated rings. The van der Waals surface area contributed by atoms with Crippen LogP contribution in [0.1, 0.15) is 10.4 Å². The molecule has 0 aromatic heterocycles. The van der Waals surface area contributed by atoms with Gasteiger partial charge in [-0.3, -0.25) is 10.2 Å². The van der Waals surface area contributed by atoms with E-state index in [1.54, 1.807) is 18.2 Å². The van der Waals surface area contributed by atoms with Crippen LogP contribution in [0.2, 0.25) is 0 Å². The minimum Gasteiger partial charge on any atom is -0.496 e. The molecule has 6 heteroatoms. The Hall–Kier alpha value is -1.79. The lowest BCUT2D eigenvalue weighted by atomic mass is 10.1. The fourth-order valence-electron chi connectivity index (χ4n) is 1.77. The predicted octanol–water partition coefficient (Wildman–Crippen LogP) is 0.254. The molecule has 2 rings (SSSR count). The van der Waals surface area contributed by atoms with E-state index in [4.69, 9.17) is 15.2 Å². The summed E-state index contributed by atoms with van der Waals surface area (Å²) in [6, 6.07) is 4.97. The highest BCUT2D eigenvalue weighted by atomic mass is 16.5. The van der Waals surface area contributed by atoms with Crippen LogP contribution in [-0.4, -0.2) is 44.3 Å². The number of hydrazine groups is 1. The van der Waals surface area contributed by atoms with E-state index in [9.17, 15) is 4.79 Å². The number of hydrogen-bond donors (Lipinski definition) is 2. The second-order valence-corrected chi connectivity index (χ2v) is 4.00. The molecule has 0 saturated carbocycles. The first-order valence-corrected chi connectivity index (χ1v) is 5.78. The Kier molecular flexibility index (Phi) is 4.01. The van der Waals surface area contributed by atoms with Gasteiger partial charge in [-0.2, -0.15) is 0 Å². The van der Waals surface area contributed by atoms with Crippen molar-refractivity contribution in [3.8, 4) is 5.75 Å². The highest BCUT2D eigenvalue weighted by Gasteiger charge is 2.17. The van der Waals surface area contributed by atoms with E-state index in [-0.39, 0.29) is 5.91 Å². The van der Waals surface area contributed by atoms with Gasteiger partial charge in [0.05, 0.1) is 25.9 Å². The summed E-state index contributed by atoms with van der Waals surface area (Å²) in [5.41, 5.74) is 9.51. The van der Waals surface area contributed by atoms with E-state index in [1.807, 2.05) is 5.01 Å². The van der Waals surface area contributed by atoms with Crippen molar-refractivity contribution < 1.29 is 14.3 Å². The van der Waals surface area contributed by atoms with Gasteiger partial charge in [0.25, 0.3) is 5.91 Å². The monoisotopic (exact) mass is 251 g/mol. The number of nitrogens with zero attached hydrogens (tertiary/aromatic N) is 1. The molecule has 1 aromatic rings. The van der Waals surface area contributed by atoms with Gasteiger partial charge in [0.2, 0.25) is 0 Å². The average Bonchev–Trinajstić information content (AvgIpc) is 2.39. The van der Waals surface area contributed by atoms with E-state index in [1.165, 1.54) is 7.11 Å². The van der Waals surface area contributed by atoms with Crippen LogP contribution in [0.5, 0.6) is 5.75 Å². The highest BCUT2D eigenvalue weighted by Crippen LogP contribution is 2.21. The summed E-state index contributed by atoms with van der Waals surface area (Å²) < 4.78 is 10.4. The fourth-order valence-corrected chi connectivity index (χ4v) is 1.77. The summed E-state index contributed by atoms with van der Waals surface area (Å²) in [6.45, 7) is 2.62. The van der Waals surface area contributed by atoms with E-state index >= 15 is 0 Å². The fraction of sp³-hybridized carbons (Fsp3) is 0.417. The van der Waals surface area contributed by atoms with Crippen LogP contribution < -0.4 is 15.9 Å². The van der Waals surface area contributed by atoms with Gasteiger partial charge in [0, 0.05) is 24.8 Å². The van der Waals surface area contributed by atoms with E-state index < -0.39 is 0 Å². The van der Waals surface area contributed by atoms with Crippen LogP contribution in [0, 0.1) is 0 Å². The molecule has 1 aromatic carbocycles. The lowest BCUT2D eigenvalue weighted by Crippen LogP contribution is -2.48. The molecule has 1 heterocycles. The molecule has 0 unspecified atom stereocenters. The molecule has 1 saturated heterocycles. The quantitative estimate of drug-likeness (QED) is 0.753. The number of methoxy groups -OCH3 is 1. The first-order valence-electron chi connectivity index (χ1n) is 5.78. The van der Waals surface area contributed by atoms with Crippen LogP contribution in [0.15, 0.2) is 18.2 Å². The molecule has 1 aliphatic rings. The molecule has 1 amide bonds. The average molecular weight is 251 g/mol. The third kappa shape index (κ3) is 2.91. The van der Waals surface area contributed by atoms with Crippen molar-refractivity contribution in [3.63, 3.8) is 0 Å². The van der Waals surface area contributed by atoms with Gasteiger partial charge in [-0.15, -0.1) is 0 Å². The number of anilines is 1. The van der Waals surface area contributed by atoms with Crippen LogP contribution in [0.25, 0.3) is 0 Å².